The first kappa shape index (κ1) is 18.1. The van der Waals surface area contributed by atoms with Crippen molar-refractivity contribution in [1.82, 2.24) is 5.32 Å². The summed E-state index contributed by atoms with van der Waals surface area (Å²) in [7, 11) is 3.16. The Labute approximate surface area is 145 Å². The molecule has 128 valence electrons. The van der Waals surface area contributed by atoms with Gasteiger partial charge in [-0.25, -0.2) is 4.39 Å². The van der Waals surface area contributed by atoms with Crippen LogP contribution in [-0.4, -0.2) is 25.9 Å². The number of carbonyl (C=O) groups is 1. The van der Waals surface area contributed by atoms with E-state index >= 15 is 0 Å². The van der Waals surface area contributed by atoms with Crippen LogP contribution >= 0.6 is 11.8 Å². The Kier molecular flexibility index (Phi) is 6.93. The number of hydrogen-bond acceptors (Lipinski definition) is 4. The summed E-state index contributed by atoms with van der Waals surface area (Å²) in [6.45, 7) is 0.465. The second kappa shape index (κ2) is 9.17. The normalized spacial score (nSPS) is 10.3. The highest BCUT2D eigenvalue weighted by molar-refractivity contribution is 7.99. The monoisotopic (exact) mass is 349 g/mol. The van der Waals surface area contributed by atoms with Crippen molar-refractivity contribution in [2.45, 2.75) is 12.3 Å². The molecule has 0 spiro atoms. The van der Waals surface area contributed by atoms with E-state index in [2.05, 4.69) is 5.32 Å². The Morgan fingerprint density at radius 1 is 1.12 bits per heavy atom. The van der Waals surface area contributed by atoms with Gasteiger partial charge in [0, 0.05) is 17.9 Å². The zero-order chi connectivity index (χ0) is 17.4. The average molecular weight is 349 g/mol. The van der Waals surface area contributed by atoms with E-state index < -0.39 is 0 Å². The Balaban J connectivity index is 1.76. The van der Waals surface area contributed by atoms with Crippen LogP contribution in [0.5, 0.6) is 11.5 Å². The second-order valence-corrected chi connectivity index (χ2v) is 6.06. The lowest BCUT2D eigenvalue weighted by Crippen LogP contribution is -2.24. The lowest BCUT2D eigenvalue weighted by molar-refractivity contribution is -0.118. The number of nitrogens with one attached hydrogen (secondary N) is 1. The number of hydrogen-bond donors (Lipinski definition) is 1. The maximum absolute atomic E-state index is 13.3. The van der Waals surface area contributed by atoms with E-state index in [1.165, 1.54) is 23.9 Å². The molecule has 0 aromatic heterocycles. The second-order valence-electron chi connectivity index (χ2n) is 5.07. The Bertz CT molecular complexity index is 676. The van der Waals surface area contributed by atoms with E-state index in [-0.39, 0.29) is 11.7 Å². The Morgan fingerprint density at radius 3 is 2.54 bits per heavy atom. The number of methoxy groups -OCH3 is 2. The lowest BCUT2D eigenvalue weighted by Gasteiger charge is -2.09. The minimum Gasteiger partial charge on any atom is -0.497 e. The molecule has 4 nitrogen and oxygen atoms in total. The molecule has 2 rings (SSSR count). The van der Waals surface area contributed by atoms with Crippen LogP contribution in [0.25, 0.3) is 0 Å². The van der Waals surface area contributed by atoms with Gasteiger partial charge in [-0.1, -0.05) is 12.1 Å². The van der Waals surface area contributed by atoms with Gasteiger partial charge < -0.3 is 14.8 Å². The largest absolute Gasteiger partial charge is 0.497 e. The summed E-state index contributed by atoms with van der Waals surface area (Å²) in [6, 6.07) is 11.9. The van der Waals surface area contributed by atoms with Gasteiger partial charge in [-0.05, 0) is 35.9 Å². The molecule has 0 saturated carbocycles. The van der Waals surface area contributed by atoms with Crippen molar-refractivity contribution < 1.29 is 18.7 Å². The average Bonchev–Trinajstić information content (AvgIpc) is 2.60. The Hall–Kier alpha value is -2.21. The van der Waals surface area contributed by atoms with E-state index in [1.54, 1.807) is 20.3 Å². The van der Waals surface area contributed by atoms with Gasteiger partial charge in [0.2, 0.25) is 5.91 Å². The van der Waals surface area contributed by atoms with Gasteiger partial charge in [0.05, 0.1) is 20.0 Å². The molecule has 0 fully saturated rings. The number of halogens is 1. The molecule has 0 aliphatic heterocycles. The van der Waals surface area contributed by atoms with E-state index in [1.807, 2.05) is 24.3 Å². The first-order valence-corrected chi connectivity index (χ1v) is 8.57. The number of benzene rings is 2. The number of rotatable bonds is 8. The number of amides is 1. The van der Waals surface area contributed by atoms with Gasteiger partial charge in [0.25, 0.3) is 0 Å². The summed E-state index contributed by atoms with van der Waals surface area (Å²) in [5.41, 5.74) is 1.74. The van der Waals surface area contributed by atoms with Crippen molar-refractivity contribution >= 4 is 17.7 Å². The minimum atomic E-state index is -0.310. The molecule has 1 amide bonds. The lowest BCUT2D eigenvalue weighted by atomic mass is 10.2. The summed E-state index contributed by atoms with van der Waals surface area (Å²) in [6.07, 6.45) is 0. The van der Waals surface area contributed by atoms with Crippen LogP contribution in [0.1, 0.15) is 11.1 Å². The van der Waals surface area contributed by atoms with Crippen LogP contribution in [0.2, 0.25) is 0 Å². The topological polar surface area (TPSA) is 47.6 Å². The number of ether oxygens (including phenoxy) is 2. The van der Waals surface area contributed by atoms with Gasteiger partial charge in [0.15, 0.2) is 0 Å². The molecule has 0 aliphatic rings. The fourth-order valence-electron chi connectivity index (χ4n) is 2.11. The fraction of sp³-hybridized carbons (Fsp3) is 0.278. The maximum Gasteiger partial charge on any atom is 0.230 e. The molecule has 1 N–H and O–H groups in total. The highest BCUT2D eigenvalue weighted by Crippen LogP contribution is 2.24. The molecule has 24 heavy (non-hydrogen) atoms. The summed E-state index contributed by atoms with van der Waals surface area (Å²) in [5, 5.41) is 2.86. The summed E-state index contributed by atoms with van der Waals surface area (Å²) in [4.78, 5) is 11.9. The third-order valence-corrected chi connectivity index (χ3v) is 4.36. The first-order valence-electron chi connectivity index (χ1n) is 7.42. The van der Waals surface area contributed by atoms with Crippen LogP contribution in [0.3, 0.4) is 0 Å². The van der Waals surface area contributed by atoms with Crippen molar-refractivity contribution in [3.8, 4) is 11.5 Å². The highest BCUT2D eigenvalue weighted by atomic mass is 32.2. The van der Waals surface area contributed by atoms with E-state index in [4.69, 9.17) is 9.47 Å². The predicted octanol–water partition coefficient (Wildman–Crippen LogP) is 3.39. The van der Waals surface area contributed by atoms with Crippen LogP contribution in [0.4, 0.5) is 4.39 Å². The number of carbonyl (C=O) groups excluding carboxylic acids is 1. The van der Waals surface area contributed by atoms with Gasteiger partial charge in [-0.15, -0.1) is 11.8 Å². The van der Waals surface area contributed by atoms with Crippen molar-refractivity contribution in [2.75, 3.05) is 20.0 Å². The molecule has 0 unspecified atom stereocenters. The van der Waals surface area contributed by atoms with Crippen molar-refractivity contribution in [3.63, 3.8) is 0 Å². The van der Waals surface area contributed by atoms with Crippen molar-refractivity contribution in [1.29, 1.82) is 0 Å². The third-order valence-electron chi connectivity index (χ3n) is 3.38. The summed E-state index contributed by atoms with van der Waals surface area (Å²) >= 11 is 1.42. The smallest absolute Gasteiger partial charge is 0.230 e. The van der Waals surface area contributed by atoms with Gasteiger partial charge in [-0.3, -0.25) is 4.79 Å². The standard InChI is InChI=1S/C18H20FNO3S/c1-22-16-6-3-13(4-7-16)10-20-18(21)12-24-11-14-9-15(19)5-8-17(14)23-2/h3-9H,10-12H2,1-2H3,(H,20,21). The van der Waals surface area contributed by atoms with Crippen LogP contribution in [0, 0.1) is 5.82 Å². The van der Waals surface area contributed by atoms with Crippen LogP contribution in [-0.2, 0) is 17.1 Å². The SMILES string of the molecule is COc1ccc(CNC(=O)CSCc2cc(F)ccc2OC)cc1. The van der Waals surface area contributed by atoms with Gasteiger partial charge in [-0.2, -0.15) is 0 Å². The zero-order valence-corrected chi connectivity index (χ0v) is 14.5. The van der Waals surface area contributed by atoms with Crippen LogP contribution in [0.15, 0.2) is 42.5 Å². The molecule has 2 aromatic carbocycles. The van der Waals surface area contributed by atoms with Gasteiger partial charge >= 0.3 is 0 Å². The van der Waals surface area contributed by atoms with E-state index in [9.17, 15) is 9.18 Å². The molecule has 0 heterocycles. The first-order chi connectivity index (χ1) is 11.6. The zero-order valence-electron chi connectivity index (χ0n) is 13.7. The molecule has 2 aromatic rings. The van der Waals surface area contributed by atoms with E-state index in [0.29, 0.717) is 23.8 Å². The molecule has 0 saturated heterocycles. The fourth-order valence-corrected chi connectivity index (χ4v) is 2.94. The molecule has 0 bridgehead atoms. The third kappa shape index (κ3) is 5.45. The van der Waals surface area contributed by atoms with Crippen LogP contribution < -0.4 is 14.8 Å². The van der Waals surface area contributed by atoms with Gasteiger partial charge in [0.1, 0.15) is 17.3 Å². The molecule has 0 aliphatic carbocycles. The minimum absolute atomic E-state index is 0.0637. The summed E-state index contributed by atoms with van der Waals surface area (Å²) < 4.78 is 23.6. The molecule has 0 atom stereocenters. The number of thioether (sulfide) groups is 1. The quantitative estimate of drug-likeness (QED) is 0.794. The molecular formula is C18H20FNO3S. The highest BCUT2D eigenvalue weighted by Gasteiger charge is 2.07. The van der Waals surface area contributed by atoms with E-state index in [0.717, 1.165) is 16.9 Å². The predicted molar refractivity (Wildman–Crippen MR) is 94.0 cm³/mol. The maximum atomic E-state index is 13.3. The Morgan fingerprint density at radius 2 is 1.88 bits per heavy atom. The van der Waals surface area contributed by atoms with Crippen molar-refractivity contribution in [2.24, 2.45) is 0 Å². The summed E-state index contributed by atoms with van der Waals surface area (Å²) in [5.74, 6) is 1.85. The molecule has 0 radical (unpaired) electrons. The molecular weight excluding hydrogens is 329 g/mol. The molecule has 6 heteroatoms. The van der Waals surface area contributed by atoms with Crippen molar-refractivity contribution in [3.05, 3.63) is 59.4 Å².